The quantitative estimate of drug-likeness (QED) is 0.0417. The highest BCUT2D eigenvalue weighted by Gasteiger charge is 2.28. The van der Waals surface area contributed by atoms with Gasteiger partial charge in [-0.3, -0.25) is 18.6 Å². The molecule has 12 heteroatoms. The molecule has 3 unspecified atom stereocenters. The monoisotopic (exact) mass is 593 g/mol. The van der Waals surface area contributed by atoms with Crippen LogP contribution >= 0.6 is 7.82 Å². The molecule has 0 aliphatic carbocycles. The van der Waals surface area contributed by atoms with Crippen LogP contribution in [-0.2, 0) is 32.7 Å². The minimum absolute atomic E-state index is 0.137. The van der Waals surface area contributed by atoms with Crippen LogP contribution in [0.1, 0.15) is 117 Å². The van der Waals surface area contributed by atoms with Crippen LogP contribution in [0.5, 0.6) is 0 Å². The third kappa shape index (κ3) is 24.1. The number of nitrogens with one attached hydrogen (secondary N) is 1. The van der Waals surface area contributed by atoms with Crippen LogP contribution in [0.2, 0.25) is 0 Å². The maximum absolute atomic E-state index is 12.1. The third-order valence-electron chi connectivity index (χ3n) is 6.05. The van der Waals surface area contributed by atoms with Gasteiger partial charge in [-0.1, -0.05) is 77.4 Å². The van der Waals surface area contributed by atoms with E-state index in [9.17, 15) is 34.1 Å². The number of carbonyl (C=O) groups is 3. The van der Waals surface area contributed by atoms with Gasteiger partial charge in [-0.25, -0.2) is 9.36 Å². The Kier molecular flexibility index (Phi) is 23.9. The number of hydrogen-bond donors (Lipinski definition) is 4. The maximum Gasteiger partial charge on any atom is 0.472 e. The Hall–Kier alpha value is -1.78. The predicted octanol–water partition coefficient (Wildman–Crippen LogP) is 5.43. The highest BCUT2D eigenvalue weighted by molar-refractivity contribution is 7.47. The molecule has 234 valence electrons. The molecule has 11 nitrogen and oxygen atoms in total. The Morgan fingerprint density at radius 3 is 1.93 bits per heavy atom. The van der Waals surface area contributed by atoms with E-state index >= 15 is 0 Å². The zero-order valence-corrected chi connectivity index (χ0v) is 25.3. The van der Waals surface area contributed by atoms with Gasteiger partial charge in [-0.15, -0.1) is 0 Å². The van der Waals surface area contributed by atoms with Crippen molar-refractivity contribution in [3.63, 3.8) is 0 Å². The second-order valence-corrected chi connectivity index (χ2v) is 11.4. The van der Waals surface area contributed by atoms with Crippen molar-refractivity contribution in [1.29, 1.82) is 0 Å². The van der Waals surface area contributed by atoms with Crippen LogP contribution in [0.25, 0.3) is 0 Å². The third-order valence-corrected chi connectivity index (χ3v) is 7.01. The first kappa shape index (κ1) is 38.2. The summed E-state index contributed by atoms with van der Waals surface area (Å²) in [7, 11) is -4.72. The highest BCUT2D eigenvalue weighted by atomic mass is 31.2. The van der Waals surface area contributed by atoms with E-state index in [-0.39, 0.29) is 12.8 Å². The number of ether oxygens (including phenoxy) is 1. The summed E-state index contributed by atoms with van der Waals surface area (Å²) in [6.07, 6.45) is 18.2. The lowest BCUT2D eigenvalue weighted by Crippen LogP contribution is -2.43. The highest BCUT2D eigenvalue weighted by Crippen LogP contribution is 2.43. The summed E-state index contributed by atoms with van der Waals surface area (Å²) in [5.74, 6) is -2.43. The summed E-state index contributed by atoms with van der Waals surface area (Å²) in [5, 5.41) is 21.3. The molecular formula is C28H52NO10P. The fourth-order valence-electron chi connectivity index (χ4n) is 3.64. The summed E-state index contributed by atoms with van der Waals surface area (Å²) in [5.41, 5.74) is 0. The minimum Gasteiger partial charge on any atom is -0.480 e. The predicted molar refractivity (Wildman–Crippen MR) is 153 cm³/mol. The number of phosphoric ester groups is 1. The summed E-state index contributed by atoms with van der Waals surface area (Å²) in [6.45, 7) is 2.23. The Morgan fingerprint density at radius 2 is 1.32 bits per heavy atom. The SMILES string of the molecule is CCCCCCC/C=C\CCCCCCCC(=O)NC(COP(=O)(O)OCC(O)COC(=O)CCCC)C(=O)O. The van der Waals surface area contributed by atoms with Gasteiger partial charge < -0.3 is 25.2 Å². The number of unbranched alkanes of at least 4 members (excludes halogenated alkanes) is 11. The van der Waals surface area contributed by atoms with Crippen LogP contribution in [0, 0.1) is 0 Å². The number of rotatable bonds is 27. The smallest absolute Gasteiger partial charge is 0.472 e. The normalized spacial score (nSPS) is 14.5. The van der Waals surface area contributed by atoms with Crippen LogP contribution < -0.4 is 5.32 Å². The topological polar surface area (TPSA) is 169 Å². The average Bonchev–Trinajstić information content (AvgIpc) is 2.91. The molecule has 0 rings (SSSR count). The number of aliphatic hydroxyl groups excluding tert-OH is 1. The molecule has 0 aromatic carbocycles. The van der Waals surface area contributed by atoms with E-state index in [1.807, 2.05) is 6.92 Å². The van der Waals surface area contributed by atoms with Crippen LogP contribution in [0.15, 0.2) is 12.2 Å². The summed E-state index contributed by atoms with van der Waals surface area (Å²) in [6, 6.07) is -1.54. The van der Waals surface area contributed by atoms with E-state index in [2.05, 4.69) is 33.4 Å². The molecule has 0 spiro atoms. The fourth-order valence-corrected chi connectivity index (χ4v) is 4.41. The molecule has 40 heavy (non-hydrogen) atoms. The van der Waals surface area contributed by atoms with Crippen molar-refractivity contribution in [3.8, 4) is 0 Å². The zero-order valence-electron chi connectivity index (χ0n) is 24.4. The standard InChI is InChI=1S/C28H52NO10P/c1-3-5-7-8-9-10-11-12-13-14-15-16-17-18-19-26(31)29-25(28(33)34)23-39-40(35,36)38-22-24(30)21-37-27(32)20-6-4-2/h11-12,24-25,30H,3-10,13-23H2,1-2H3,(H,29,31)(H,33,34)(H,35,36)/b12-11-. The van der Waals surface area contributed by atoms with Gasteiger partial charge in [-0.2, -0.15) is 0 Å². The van der Waals surface area contributed by atoms with E-state index in [1.165, 1.54) is 32.1 Å². The van der Waals surface area contributed by atoms with Crippen LogP contribution in [0.4, 0.5) is 0 Å². The number of carboxylic acids is 1. The Morgan fingerprint density at radius 1 is 0.775 bits per heavy atom. The van der Waals surface area contributed by atoms with Crippen molar-refractivity contribution >= 4 is 25.7 Å². The molecule has 0 aromatic heterocycles. The second-order valence-electron chi connectivity index (χ2n) is 9.94. The van der Waals surface area contributed by atoms with Gasteiger partial charge in [0.1, 0.15) is 12.7 Å². The van der Waals surface area contributed by atoms with Gasteiger partial charge in [0.25, 0.3) is 0 Å². The summed E-state index contributed by atoms with van der Waals surface area (Å²) in [4.78, 5) is 44.8. The molecule has 0 saturated heterocycles. The molecule has 0 radical (unpaired) electrons. The largest absolute Gasteiger partial charge is 0.480 e. The number of carbonyl (C=O) groups excluding carboxylic acids is 2. The number of allylic oxidation sites excluding steroid dienone is 2. The average molecular weight is 594 g/mol. The van der Waals surface area contributed by atoms with E-state index < -0.39 is 57.6 Å². The van der Waals surface area contributed by atoms with E-state index in [4.69, 9.17) is 4.74 Å². The van der Waals surface area contributed by atoms with Gasteiger partial charge in [-0.05, 0) is 38.5 Å². The molecule has 0 saturated carbocycles. The van der Waals surface area contributed by atoms with Gasteiger partial charge >= 0.3 is 19.8 Å². The number of phosphoric acid groups is 1. The molecule has 0 aliphatic rings. The van der Waals surface area contributed by atoms with Crippen molar-refractivity contribution in [2.45, 2.75) is 129 Å². The van der Waals surface area contributed by atoms with Crippen molar-refractivity contribution in [2.24, 2.45) is 0 Å². The van der Waals surface area contributed by atoms with Crippen LogP contribution in [-0.4, -0.2) is 64.9 Å². The van der Waals surface area contributed by atoms with Gasteiger partial charge in [0.05, 0.1) is 13.2 Å². The summed E-state index contributed by atoms with van der Waals surface area (Å²) >= 11 is 0. The molecule has 0 fully saturated rings. The van der Waals surface area contributed by atoms with E-state index in [1.54, 1.807) is 0 Å². The Labute approximate surface area is 239 Å². The number of amides is 1. The minimum atomic E-state index is -4.72. The van der Waals surface area contributed by atoms with E-state index in [0.29, 0.717) is 12.8 Å². The molecule has 0 aromatic rings. The second kappa shape index (κ2) is 25.0. The van der Waals surface area contributed by atoms with E-state index in [0.717, 1.165) is 44.9 Å². The molecule has 1 amide bonds. The van der Waals surface area contributed by atoms with Crippen molar-refractivity contribution < 1.29 is 47.8 Å². The molecule has 0 heterocycles. The number of carboxylic acid groups (broad SMARTS) is 1. The lowest BCUT2D eigenvalue weighted by molar-refractivity contribution is -0.147. The number of hydrogen-bond acceptors (Lipinski definition) is 8. The van der Waals surface area contributed by atoms with Crippen molar-refractivity contribution in [2.75, 3.05) is 19.8 Å². The number of esters is 1. The summed E-state index contributed by atoms with van der Waals surface area (Å²) < 4.78 is 26.2. The first-order valence-electron chi connectivity index (χ1n) is 14.7. The Balaban J connectivity index is 4.04. The molecule has 3 atom stereocenters. The Bertz CT molecular complexity index is 761. The van der Waals surface area contributed by atoms with Crippen molar-refractivity contribution in [3.05, 3.63) is 12.2 Å². The first-order chi connectivity index (χ1) is 19.1. The lowest BCUT2D eigenvalue weighted by Gasteiger charge is -2.18. The lowest BCUT2D eigenvalue weighted by atomic mass is 10.1. The number of aliphatic carboxylic acids is 1. The van der Waals surface area contributed by atoms with Gasteiger partial charge in [0.15, 0.2) is 6.04 Å². The molecule has 0 bridgehead atoms. The van der Waals surface area contributed by atoms with Crippen LogP contribution in [0.3, 0.4) is 0 Å². The first-order valence-corrected chi connectivity index (χ1v) is 16.2. The van der Waals surface area contributed by atoms with Crippen molar-refractivity contribution in [1.82, 2.24) is 5.32 Å². The van der Waals surface area contributed by atoms with Gasteiger partial charge in [0, 0.05) is 12.8 Å². The molecular weight excluding hydrogens is 541 g/mol. The van der Waals surface area contributed by atoms with Gasteiger partial charge in [0.2, 0.25) is 5.91 Å². The molecule has 4 N–H and O–H groups in total. The maximum atomic E-state index is 12.1. The number of aliphatic hydroxyl groups is 1. The fraction of sp³-hybridized carbons (Fsp3) is 0.821. The molecule has 0 aliphatic heterocycles. The zero-order chi connectivity index (χ0) is 30.1.